The van der Waals surface area contributed by atoms with E-state index in [1.165, 1.54) is 4.31 Å². The number of hydrogen-bond donors (Lipinski definition) is 1. The van der Waals surface area contributed by atoms with Crippen LogP contribution in [0.1, 0.15) is 13.8 Å². The van der Waals surface area contributed by atoms with Gasteiger partial charge in [-0.1, -0.05) is 0 Å². The number of amides is 1. The molecule has 1 rings (SSSR count). The van der Waals surface area contributed by atoms with Gasteiger partial charge in [-0.2, -0.15) is 4.31 Å². The van der Waals surface area contributed by atoms with E-state index in [-0.39, 0.29) is 30.9 Å². The molecule has 7 nitrogen and oxygen atoms in total. The summed E-state index contributed by atoms with van der Waals surface area (Å²) >= 11 is 0. The maximum atomic E-state index is 12.1. The highest BCUT2D eigenvalue weighted by Gasteiger charge is 2.28. The van der Waals surface area contributed by atoms with Crippen LogP contribution < -0.4 is 5.32 Å². The van der Waals surface area contributed by atoms with Gasteiger partial charge in [-0.05, 0) is 20.9 Å². The zero-order valence-corrected chi connectivity index (χ0v) is 13.3. The Bertz CT molecular complexity index is 403. The van der Waals surface area contributed by atoms with Crippen molar-refractivity contribution >= 4 is 15.9 Å². The Balaban J connectivity index is 2.41. The van der Waals surface area contributed by atoms with Crippen molar-refractivity contribution in [2.24, 2.45) is 0 Å². The lowest BCUT2D eigenvalue weighted by Gasteiger charge is -2.34. The third-order valence-electron chi connectivity index (χ3n) is 3.11. The number of piperazine rings is 1. The normalized spacial score (nSPS) is 17.7. The van der Waals surface area contributed by atoms with Gasteiger partial charge in [-0.15, -0.1) is 0 Å². The molecule has 0 saturated carbocycles. The largest absolute Gasteiger partial charge is 0.378 e. The minimum atomic E-state index is -3.29. The average molecular weight is 307 g/mol. The molecule has 8 heteroatoms. The predicted octanol–water partition coefficient (Wildman–Crippen LogP) is -0.895. The van der Waals surface area contributed by atoms with Crippen LogP contribution in [0.2, 0.25) is 0 Å². The second-order valence-electron chi connectivity index (χ2n) is 5.05. The first kappa shape index (κ1) is 17.4. The van der Waals surface area contributed by atoms with Crippen molar-refractivity contribution in [3.05, 3.63) is 0 Å². The van der Waals surface area contributed by atoms with Crippen LogP contribution in [-0.4, -0.2) is 81.8 Å². The number of rotatable bonds is 7. The number of likely N-dealkylation sites (N-methyl/N-ethyl adjacent to an activating group) is 1. The number of nitrogens with one attached hydrogen (secondary N) is 1. The summed E-state index contributed by atoms with van der Waals surface area (Å²) in [6.45, 7) is 5.86. The van der Waals surface area contributed by atoms with Gasteiger partial charge in [0.2, 0.25) is 15.9 Å². The minimum Gasteiger partial charge on any atom is -0.378 e. The molecule has 1 amide bonds. The fourth-order valence-corrected chi connectivity index (χ4v) is 3.28. The van der Waals surface area contributed by atoms with Crippen molar-refractivity contribution in [3.8, 4) is 0 Å². The zero-order chi connectivity index (χ0) is 15.2. The van der Waals surface area contributed by atoms with Crippen LogP contribution in [0.5, 0.6) is 0 Å². The summed E-state index contributed by atoms with van der Waals surface area (Å²) in [6, 6.07) is 0. The number of ether oxygens (including phenoxy) is 1. The zero-order valence-electron chi connectivity index (χ0n) is 12.5. The van der Waals surface area contributed by atoms with E-state index in [2.05, 4.69) is 5.32 Å². The smallest absolute Gasteiger partial charge is 0.236 e. The molecule has 1 aliphatic rings. The maximum absolute atomic E-state index is 12.1. The molecule has 1 saturated heterocycles. The molecule has 1 N–H and O–H groups in total. The molecule has 0 atom stereocenters. The van der Waals surface area contributed by atoms with E-state index in [1.54, 1.807) is 11.9 Å². The van der Waals surface area contributed by atoms with Gasteiger partial charge in [0.1, 0.15) is 0 Å². The molecular weight excluding hydrogens is 282 g/mol. The van der Waals surface area contributed by atoms with Gasteiger partial charge in [-0.3, -0.25) is 4.79 Å². The van der Waals surface area contributed by atoms with Gasteiger partial charge in [-0.25, -0.2) is 8.42 Å². The maximum Gasteiger partial charge on any atom is 0.236 e. The topological polar surface area (TPSA) is 79.0 Å². The molecule has 1 fully saturated rings. The molecule has 0 radical (unpaired) electrons. The van der Waals surface area contributed by atoms with Crippen LogP contribution >= 0.6 is 0 Å². The van der Waals surface area contributed by atoms with E-state index in [4.69, 9.17) is 4.74 Å². The molecule has 1 aliphatic heterocycles. The molecule has 1 heterocycles. The summed E-state index contributed by atoms with van der Waals surface area (Å²) in [6.07, 6.45) is 0.0289. The average Bonchev–Trinajstić information content (AvgIpc) is 2.38. The number of sulfonamides is 1. The van der Waals surface area contributed by atoms with Gasteiger partial charge >= 0.3 is 0 Å². The fourth-order valence-electron chi connectivity index (χ4n) is 2.00. The fraction of sp³-hybridized carbons (Fsp3) is 0.917. The second kappa shape index (κ2) is 7.92. The SMILES string of the molecule is CNCC(=O)N1CCN(S(=O)(=O)CCOC(C)C)CC1. The Hall–Kier alpha value is -0.700. The highest BCUT2D eigenvalue weighted by atomic mass is 32.2. The lowest BCUT2D eigenvalue weighted by Crippen LogP contribution is -2.52. The lowest BCUT2D eigenvalue weighted by atomic mass is 10.3. The predicted molar refractivity (Wildman–Crippen MR) is 77.0 cm³/mol. The molecule has 0 aromatic rings. The first-order valence-corrected chi connectivity index (χ1v) is 8.49. The Labute approximate surface area is 121 Å². The Kier molecular flexibility index (Phi) is 6.87. The van der Waals surface area contributed by atoms with E-state index < -0.39 is 10.0 Å². The van der Waals surface area contributed by atoms with Gasteiger partial charge in [0.25, 0.3) is 0 Å². The van der Waals surface area contributed by atoms with E-state index in [0.717, 1.165) is 0 Å². The Morgan fingerprint density at radius 3 is 2.35 bits per heavy atom. The van der Waals surface area contributed by atoms with Crippen molar-refractivity contribution in [1.82, 2.24) is 14.5 Å². The van der Waals surface area contributed by atoms with Crippen LogP contribution in [0, 0.1) is 0 Å². The number of carbonyl (C=O) groups excluding carboxylic acids is 1. The van der Waals surface area contributed by atoms with Crippen molar-refractivity contribution in [2.45, 2.75) is 20.0 Å². The van der Waals surface area contributed by atoms with Gasteiger partial charge in [0, 0.05) is 26.2 Å². The molecule has 20 heavy (non-hydrogen) atoms. The van der Waals surface area contributed by atoms with Crippen molar-refractivity contribution in [1.29, 1.82) is 0 Å². The highest BCUT2D eigenvalue weighted by Crippen LogP contribution is 2.08. The van der Waals surface area contributed by atoms with Gasteiger partial charge < -0.3 is 15.0 Å². The molecule has 0 aliphatic carbocycles. The monoisotopic (exact) mass is 307 g/mol. The van der Waals surface area contributed by atoms with E-state index in [0.29, 0.717) is 26.2 Å². The molecule has 0 spiro atoms. The Morgan fingerprint density at radius 2 is 1.85 bits per heavy atom. The summed E-state index contributed by atoms with van der Waals surface area (Å²) in [5.41, 5.74) is 0. The summed E-state index contributed by atoms with van der Waals surface area (Å²) in [4.78, 5) is 13.4. The number of carbonyl (C=O) groups is 1. The summed E-state index contributed by atoms with van der Waals surface area (Å²) in [5, 5.41) is 2.81. The van der Waals surface area contributed by atoms with E-state index >= 15 is 0 Å². The van der Waals surface area contributed by atoms with Gasteiger partial charge in [0.05, 0.1) is 25.0 Å². The minimum absolute atomic E-state index is 0.00432. The number of hydrogen-bond acceptors (Lipinski definition) is 5. The quantitative estimate of drug-likeness (QED) is 0.660. The number of nitrogens with zero attached hydrogens (tertiary/aromatic N) is 2. The Morgan fingerprint density at radius 1 is 1.25 bits per heavy atom. The molecule has 0 bridgehead atoms. The van der Waals surface area contributed by atoms with Crippen LogP contribution in [0.4, 0.5) is 0 Å². The van der Waals surface area contributed by atoms with Crippen LogP contribution in [-0.2, 0) is 19.6 Å². The summed E-state index contributed by atoms with van der Waals surface area (Å²) < 4.78 is 30.9. The first-order valence-electron chi connectivity index (χ1n) is 6.88. The third-order valence-corrected chi connectivity index (χ3v) is 4.94. The van der Waals surface area contributed by atoms with Crippen molar-refractivity contribution in [2.75, 3.05) is 52.1 Å². The van der Waals surface area contributed by atoms with E-state index in [1.807, 2.05) is 13.8 Å². The highest BCUT2D eigenvalue weighted by molar-refractivity contribution is 7.89. The lowest BCUT2D eigenvalue weighted by molar-refractivity contribution is -0.131. The third kappa shape index (κ3) is 5.35. The van der Waals surface area contributed by atoms with Crippen molar-refractivity contribution in [3.63, 3.8) is 0 Å². The standard InChI is InChI=1S/C12H25N3O4S/c1-11(2)19-8-9-20(17,18)15-6-4-14(5-7-15)12(16)10-13-3/h11,13H,4-10H2,1-3H3. The molecular formula is C12H25N3O4S. The van der Waals surface area contributed by atoms with Crippen LogP contribution in [0.15, 0.2) is 0 Å². The molecule has 118 valence electrons. The van der Waals surface area contributed by atoms with E-state index in [9.17, 15) is 13.2 Å². The van der Waals surface area contributed by atoms with Gasteiger partial charge in [0.15, 0.2) is 0 Å². The summed E-state index contributed by atoms with van der Waals surface area (Å²) in [7, 11) is -1.57. The van der Waals surface area contributed by atoms with Crippen molar-refractivity contribution < 1.29 is 17.9 Å². The molecule has 0 aromatic carbocycles. The molecule has 0 unspecified atom stereocenters. The summed E-state index contributed by atoms with van der Waals surface area (Å²) in [5.74, 6) is 0.00280. The van der Waals surface area contributed by atoms with Crippen LogP contribution in [0.3, 0.4) is 0 Å². The molecule has 0 aromatic heterocycles. The second-order valence-corrected chi connectivity index (χ2v) is 7.13. The van der Waals surface area contributed by atoms with Crippen LogP contribution in [0.25, 0.3) is 0 Å². The first-order chi connectivity index (χ1) is 9.36.